The molecule has 1 heterocycles. The molecule has 0 aliphatic heterocycles. The van der Waals surface area contributed by atoms with Crippen LogP contribution in [0.5, 0.6) is 0 Å². The minimum absolute atomic E-state index is 1.00. The third-order valence-corrected chi connectivity index (χ3v) is 3.96. The summed E-state index contributed by atoms with van der Waals surface area (Å²) in [6.07, 6.45) is 6.25. The molecule has 0 radical (unpaired) electrons. The molecule has 1 heteroatoms. The van der Waals surface area contributed by atoms with E-state index in [1.165, 1.54) is 11.1 Å². The second-order valence-corrected chi connectivity index (χ2v) is 5.73. The quantitative estimate of drug-likeness (QED) is 0.508. The molecule has 0 fully saturated rings. The number of hydrogen-bond acceptors (Lipinski definition) is 1. The Hall–Kier alpha value is -2.93. The van der Waals surface area contributed by atoms with Gasteiger partial charge in [-0.25, -0.2) is 4.98 Å². The number of rotatable bonds is 4. The minimum atomic E-state index is 1.00. The lowest BCUT2D eigenvalue weighted by Crippen LogP contribution is -1.92. The summed E-state index contributed by atoms with van der Waals surface area (Å²) in [5.74, 6) is 0. The Morgan fingerprint density at radius 1 is 0.792 bits per heavy atom. The highest BCUT2D eigenvalue weighted by molar-refractivity contribution is 5.75. The monoisotopic (exact) mass is 311 g/mol. The third-order valence-electron chi connectivity index (χ3n) is 3.96. The lowest BCUT2D eigenvalue weighted by atomic mass is 10.0. The van der Waals surface area contributed by atoms with Crippen LogP contribution in [0.4, 0.5) is 0 Å². The molecule has 0 unspecified atom stereocenters. The molecule has 3 aromatic rings. The molecule has 0 aliphatic rings. The molecule has 24 heavy (non-hydrogen) atoms. The van der Waals surface area contributed by atoms with Gasteiger partial charge in [0.2, 0.25) is 0 Å². The maximum atomic E-state index is 4.89. The van der Waals surface area contributed by atoms with Crippen LogP contribution in [0.25, 0.3) is 28.1 Å². The summed E-state index contributed by atoms with van der Waals surface area (Å²) in [7, 11) is 0. The maximum absolute atomic E-state index is 4.89. The summed E-state index contributed by atoms with van der Waals surface area (Å²) in [6, 6.07) is 25.0. The van der Waals surface area contributed by atoms with Crippen LogP contribution in [0.15, 0.2) is 91.0 Å². The van der Waals surface area contributed by atoms with Gasteiger partial charge in [-0.05, 0) is 37.1 Å². The molecule has 0 spiro atoms. The summed E-state index contributed by atoms with van der Waals surface area (Å²) in [5, 5.41) is 0. The summed E-state index contributed by atoms with van der Waals surface area (Å²) >= 11 is 0. The van der Waals surface area contributed by atoms with E-state index in [1.807, 2.05) is 49.4 Å². The lowest BCUT2D eigenvalue weighted by Gasteiger charge is -2.10. The van der Waals surface area contributed by atoms with Gasteiger partial charge >= 0.3 is 0 Å². The molecule has 118 valence electrons. The first-order valence-corrected chi connectivity index (χ1v) is 8.21. The summed E-state index contributed by atoms with van der Waals surface area (Å²) < 4.78 is 0. The van der Waals surface area contributed by atoms with E-state index in [2.05, 4.69) is 55.5 Å². The Kier molecular flexibility index (Phi) is 5.02. The fraction of sp³-hybridized carbons (Fsp3) is 0.0870. The van der Waals surface area contributed by atoms with Crippen molar-refractivity contribution in [1.29, 1.82) is 0 Å². The van der Waals surface area contributed by atoms with Crippen molar-refractivity contribution in [2.24, 2.45) is 0 Å². The summed E-state index contributed by atoms with van der Waals surface area (Å²) in [5.41, 5.74) is 6.69. The van der Waals surface area contributed by atoms with Crippen molar-refractivity contribution in [1.82, 2.24) is 4.98 Å². The normalized spacial score (nSPS) is 11.8. The van der Waals surface area contributed by atoms with Crippen molar-refractivity contribution in [3.63, 3.8) is 0 Å². The van der Waals surface area contributed by atoms with E-state index in [1.54, 1.807) is 0 Å². The van der Waals surface area contributed by atoms with Gasteiger partial charge in [-0.3, -0.25) is 0 Å². The first-order chi connectivity index (χ1) is 11.8. The molecule has 2 aromatic carbocycles. The van der Waals surface area contributed by atoms with Crippen molar-refractivity contribution in [2.75, 3.05) is 0 Å². The molecule has 0 bridgehead atoms. The van der Waals surface area contributed by atoms with Gasteiger partial charge in [-0.15, -0.1) is 0 Å². The molecular formula is C23H21N. The number of nitrogens with zero attached hydrogens (tertiary/aromatic N) is 1. The second kappa shape index (κ2) is 7.56. The Labute approximate surface area is 144 Å². The summed E-state index contributed by atoms with van der Waals surface area (Å²) in [6.45, 7) is 4.17. The van der Waals surface area contributed by atoms with Crippen LogP contribution in [0.2, 0.25) is 0 Å². The Morgan fingerprint density at radius 3 is 1.75 bits per heavy atom. The van der Waals surface area contributed by atoms with Gasteiger partial charge in [0.15, 0.2) is 0 Å². The SMILES string of the molecule is C/C=C\C=C(/C)c1cc(-c2ccccc2)nc(-c2ccccc2)c1. The largest absolute Gasteiger partial charge is 0.248 e. The lowest BCUT2D eigenvalue weighted by molar-refractivity contribution is 1.31. The first kappa shape index (κ1) is 15.9. The van der Waals surface area contributed by atoms with Gasteiger partial charge in [-0.2, -0.15) is 0 Å². The zero-order chi connectivity index (χ0) is 16.8. The minimum Gasteiger partial charge on any atom is -0.248 e. The average molecular weight is 311 g/mol. The zero-order valence-electron chi connectivity index (χ0n) is 14.1. The Balaban J connectivity index is 2.16. The van der Waals surface area contributed by atoms with Crippen LogP contribution in [-0.2, 0) is 0 Å². The third kappa shape index (κ3) is 3.69. The Morgan fingerprint density at radius 2 is 1.29 bits per heavy atom. The van der Waals surface area contributed by atoms with Crippen molar-refractivity contribution in [3.8, 4) is 22.5 Å². The molecule has 3 rings (SSSR count). The molecule has 1 nitrogen and oxygen atoms in total. The van der Waals surface area contributed by atoms with Crippen LogP contribution in [0.1, 0.15) is 19.4 Å². The topological polar surface area (TPSA) is 12.9 Å². The van der Waals surface area contributed by atoms with E-state index >= 15 is 0 Å². The zero-order valence-corrected chi connectivity index (χ0v) is 14.1. The van der Waals surface area contributed by atoms with Gasteiger partial charge in [0.25, 0.3) is 0 Å². The number of hydrogen-bond donors (Lipinski definition) is 0. The number of aromatic nitrogens is 1. The van der Waals surface area contributed by atoms with Crippen molar-refractivity contribution < 1.29 is 0 Å². The summed E-state index contributed by atoms with van der Waals surface area (Å²) in [4.78, 5) is 4.89. The molecule has 0 N–H and O–H groups in total. The van der Waals surface area contributed by atoms with Crippen molar-refractivity contribution >= 4 is 5.57 Å². The molecule has 0 saturated carbocycles. The van der Waals surface area contributed by atoms with Crippen LogP contribution >= 0.6 is 0 Å². The fourth-order valence-electron chi connectivity index (χ4n) is 2.61. The van der Waals surface area contributed by atoms with E-state index in [-0.39, 0.29) is 0 Å². The van der Waals surface area contributed by atoms with Crippen molar-refractivity contribution in [2.45, 2.75) is 13.8 Å². The van der Waals surface area contributed by atoms with Crippen molar-refractivity contribution in [3.05, 3.63) is 96.6 Å². The van der Waals surface area contributed by atoms with Crippen LogP contribution in [-0.4, -0.2) is 4.98 Å². The first-order valence-electron chi connectivity index (χ1n) is 8.21. The molecule has 0 aliphatic carbocycles. The van der Waals surface area contributed by atoms with Crippen LogP contribution in [0.3, 0.4) is 0 Å². The maximum Gasteiger partial charge on any atom is 0.0715 e. The highest BCUT2D eigenvalue weighted by Crippen LogP contribution is 2.27. The Bertz CT molecular complexity index is 801. The highest BCUT2D eigenvalue weighted by atomic mass is 14.7. The number of pyridine rings is 1. The van der Waals surface area contributed by atoms with E-state index < -0.39 is 0 Å². The molecular weight excluding hydrogens is 290 g/mol. The van der Waals surface area contributed by atoms with Gasteiger partial charge in [0.1, 0.15) is 0 Å². The molecule has 1 aromatic heterocycles. The van der Waals surface area contributed by atoms with E-state index in [9.17, 15) is 0 Å². The highest BCUT2D eigenvalue weighted by Gasteiger charge is 2.07. The van der Waals surface area contributed by atoms with Crippen LogP contribution in [0, 0.1) is 0 Å². The number of allylic oxidation sites excluding steroid dienone is 4. The van der Waals surface area contributed by atoms with Gasteiger partial charge in [0.05, 0.1) is 11.4 Å². The predicted octanol–water partition coefficient (Wildman–Crippen LogP) is 6.40. The predicted molar refractivity (Wildman–Crippen MR) is 104 cm³/mol. The average Bonchev–Trinajstić information content (AvgIpc) is 2.67. The molecule has 0 atom stereocenters. The second-order valence-electron chi connectivity index (χ2n) is 5.73. The van der Waals surface area contributed by atoms with Crippen LogP contribution < -0.4 is 0 Å². The molecule has 0 saturated heterocycles. The number of benzene rings is 2. The van der Waals surface area contributed by atoms with Gasteiger partial charge in [-0.1, -0.05) is 78.9 Å². The van der Waals surface area contributed by atoms with Gasteiger partial charge < -0.3 is 0 Å². The van der Waals surface area contributed by atoms with E-state index in [4.69, 9.17) is 4.98 Å². The van der Waals surface area contributed by atoms with E-state index in [0.29, 0.717) is 0 Å². The standard InChI is InChI=1S/C23H21N/c1-3-4-11-18(2)21-16-22(19-12-7-5-8-13-19)24-23(17-21)20-14-9-6-10-15-20/h3-17H,1-2H3/b4-3-,18-11+. The molecule has 0 amide bonds. The van der Waals surface area contributed by atoms with Gasteiger partial charge in [0, 0.05) is 11.1 Å². The smallest absolute Gasteiger partial charge is 0.0715 e. The van der Waals surface area contributed by atoms with E-state index in [0.717, 1.165) is 22.5 Å². The fourth-order valence-corrected chi connectivity index (χ4v) is 2.61.